The fourth-order valence-corrected chi connectivity index (χ4v) is 1.92. The van der Waals surface area contributed by atoms with E-state index in [1.807, 2.05) is 6.26 Å². The Labute approximate surface area is 109 Å². The van der Waals surface area contributed by atoms with E-state index in [4.69, 9.17) is 5.73 Å². The summed E-state index contributed by atoms with van der Waals surface area (Å²) in [5.74, 6) is -1.67. The summed E-state index contributed by atoms with van der Waals surface area (Å²) >= 11 is 1.65. The van der Waals surface area contributed by atoms with Crippen molar-refractivity contribution in [3.05, 3.63) is 29.3 Å². The first kappa shape index (κ1) is 14.8. The first-order valence-electron chi connectivity index (χ1n) is 5.47. The van der Waals surface area contributed by atoms with E-state index in [0.717, 1.165) is 24.3 Å². The van der Waals surface area contributed by atoms with Crippen LogP contribution in [0, 0.1) is 11.6 Å². The molecule has 0 atom stereocenters. The SMILES string of the molecule is CSCCCN(C)C(=O)c1c(F)ccc(N)c1F. The van der Waals surface area contributed by atoms with Crippen LogP contribution < -0.4 is 5.73 Å². The first-order valence-corrected chi connectivity index (χ1v) is 6.86. The zero-order valence-electron chi connectivity index (χ0n) is 10.4. The van der Waals surface area contributed by atoms with Gasteiger partial charge < -0.3 is 10.6 Å². The van der Waals surface area contributed by atoms with Crippen LogP contribution in [0.2, 0.25) is 0 Å². The number of nitrogens with zero attached hydrogens (tertiary/aromatic N) is 1. The molecule has 1 rings (SSSR count). The van der Waals surface area contributed by atoms with E-state index in [1.165, 1.54) is 11.9 Å². The van der Waals surface area contributed by atoms with Crippen molar-refractivity contribution in [3.8, 4) is 0 Å². The molecular formula is C12H16F2N2OS. The molecule has 0 fully saturated rings. The Hall–Kier alpha value is -1.30. The van der Waals surface area contributed by atoms with E-state index in [1.54, 1.807) is 11.8 Å². The molecule has 0 aromatic heterocycles. The molecule has 1 amide bonds. The molecule has 100 valence electrons. The van der Waals surface area contributed by atoms with Crippen molar-refractivity contribution < 1.29 is 13.6 Å². The fraction of sp³-hybridized carbons (Fsp3) is 0.417. The van der Waals surface area contributed by atoms with Crippen molar-refractivity contribution in [2.24, 2.45) is 0 Å². The average molecular weight is 274 g/mol. The molecule has 0 saturated heterocycles. The Morgan fingerprint density at radius 1 is 1.44 bits per heavy atom. The van der Waals surface area contributed by atoms with Gasteiger partial charge in [-0.05, 0) is 30.6 Å². The van der Waals surface area contributed by atoms with Gasteiger partial charge >= 0.3 is 0 Å². The second kappa shape index (κ2) is 6.58. The number of carbonyl (C=O) groups is 1. The highest BCUT2D eigenvalue weighted by Gasteiger charge is 2.22. The molecule has 0 aliphatic rings. The molecule has 0 saturated carbocycles. The minimum Gasteiger partial charge on any atom is -0.396 e. The quantitative estimate of drug-likeness (QED) is 0.662. The highest BCUT2D eigenvalue weighted by molar-refractivity contribution is 7.98. The van der Waals surface area contributed by atoms with Gasteiger partial charge in [-0.2, -0.15) is 11.8 Å². The number of rotatable bonds is 5. The van der Waals surface area contributed by atoms with Crippen LogP contribution in [0.15, 0.2) is 12.1 Å². The number of nitrogens with two attached hydrogens (primary N) is 1. The third-order valence-corrected chi connectivity index (χ3v) is 3.22. The molecule has 18 heavy (non-hydrogen) atoms. The zero-order chi connectivity index (χ0) is 13.7. The van der Waals surface area contributed by atoms with Crippen LogP contribution in [0.25, 0.3) is 0 Å². The molecule has 1 aromatic carbocycles. The standard InChI is InChI=1S/C12H16F2N2OS/c1-16(6-3-7-18-2)12(17)10-8(13)4-5-9(15)11(10)14/h4-5H,3,6-7,15H2,1-2H3. The van der Waals surface area contributed by atoms with Crippen molar-refractivity contribution >= 4 is 23.4 Å². The average Bonchev–Trinajstić information content (AvgIpc) is 2.34. The van der Waals surface area contributed by atoms with E-state index < -0.39 is 23.1 Å². The zero-order valence-corrected chi connectivity index (χ0v) is 11.2. The highest BCUT2D eigenvalue weighted by Crippen LogP contribution is 2.20. The van der Waals surface area contributed by atoms with Crippen LogP contribution in [-0.2, 0) is 0 Å². The summed E-state index contributed by atoms with van der Waals surface area (Å²) in [5, 5.41) is 0. The highest BCUT2D eigenvalue weighted by atomic mass is 32.2. The van der Waals surface area contributed by atoms with Gasteiger partial charge in [0.2, 0.25) is 0 Å². The normalized spacial score (nSPS) is 10.4. The third kappa shape index (κ3) is 3.35. The Morgan fingerprint density at radius 3 is 2.72 bits per heavy atom. The maximum Gasteiger partial charge on any atom is 0.259 e. The number of hydrogen-bond acceptors (Lipinski definition) is 3. The minimum absolute atomic E-state index is 0.225. The van der Waals surface area contributed by atoms with E-state index in [2.05, 4.69) is 0 Å². The predicted molar refractivity (Wildman–Crippen MR) is 70.7 cm³/mol. The summed E-state index contributed by atoms with van der Waals surface area (Å²) in [4.78, 5) is 13.2. The molecule has 0 aliphatic carbocycles. The molecule has 2 N–H and O–H groups in total. The number of carbonyl (C=O) groups excluding carboxylic acids is 1. The van der Waals surface area contributed by atoms with Gasteiger partial charge in [0.1, 0.15) is 11.4 Å². The number of halogens is 2. The Bertz CT molecular complexity index is 440. The Kier molecular flexibility index (Phi) is 5.40. The van der Waals surface area contributed by atoms with Crippen LogP contribution in [0.5, 0.6) is 0 Å². The first-order chi connectivity index (χ1) is 8.49. The molecule has 0 aliphatic heterocycles. The van der Waals surface area contributed by atoms with Gasteiger partial charge in [-0.3, -0.25) is 4.79 Å². The number of thioether (sulfide) groups is 1. The summed E-state index contributed by atoms with van der Waals surface area (Å²) in [6, 6.07) is 2.11. The fourth-order valence-electron chi connectivity index (χ4n) is 1.50. The van der Waals surface area contributed by atoms with Crippen LogP contribution in [-0.4, -0.2) is 36.4 Å². The van der Waals surface area contributed by atoms with Crippen LogP contribution in [0.1, 0.15) is 16.8 Å². The molecule has 0 bridgehead atoms. The number of nitrogen functional groups attached to an aromatic ring is 1. The molecule has 3 nitrogen and oxygen atoms in total. The summed E-state index contributed by atoms with van der Waals surface area (Å²) in [6.07, 6.45) is 2.73. The molecule has 0 heterocycles. The van der Waals surface area contributed by atoms with Gasteiger partial charge in [0.15, 0.2) is 5.82 Å². The Morgan fingerprint density at radius 2 is 2.11 bits per heavy atom. The van der Waals surface area contributed by atoms with Gasteiger partial charge in [0, 0.05) is 13.6 Å². The molecule has 1 aromatic rings. The van der Waals surface area contributed by atoms with Crippen molar-refractivity contribution in [2.45, 2.75) is 6.42 Å². The maximum absolute atomic E-state index is 13.6. The molecule has 0 radical (unpaired) electrons. The van der Waals surface area contributed by atoms with Gasteiger partial charge in [-0.25, -0.2) is 8.78 Å². The lowest BCUT2D eigenvalue weighted by molar-refractivity contribution is 0.0786. The monoisotopic (exact) mass is 274 g/mol. The second-order valence-corrected chi connectivity index (χ2v) is 4.88. The van der Waals surface area contributed by atoms with E-state index >= 15 is 0 Å². The Balaban J connectivity index is 2.86. The second-order valence-electron chi connectivity index (χ2n) is 3.90. The van der Waals surface area contributed by atoms with E-state index in [0.29, 0.717) is 6.54 Å². The van der Waals surface area contributed by atoms with E-state index in [9.17, 15) is 13.6 Å². The van der Waals surface area contributed by atoms with Gasteiger partial charge in [-0.15, -0.1) is 0 Å². The summed E-state index contributed by atoms with van der Waals surface area (Å²) in [5.41, 5.74) is 4.53. The molecule has 0 spiro atoms. The van der Waals surface area contributed by atoms with Gasteiger partial charge in [-0.1, -0.05) is 0 Å². The van der Waals surface area contributed by atoms with Crippen molar-refractivity contribution in [1.29, 1.82) is 0 Å². The van der Waals surface area contributed by atoms with Crippen LogP contribution in [0.3, 0.4) is 0 Å². The number of benzene rings is 1. The predicted octanol–water partition coefficient (Wildman–Crippen LogP) is 2.37. The summed E-state index contributed by atoms with van der Waals surface area (Å²) < 4.78 is 27.1. The number of anilines is 1. The van der Waals surface area contributed by atoms with Crippen molar-refractivity contribution in [2.75, 3.05) is 31.3 Å². The topological polar surface area (TPSA) is 46.3 Å². The lowest BCUT2D eigenvalue weighted by Crippen LogP contribution is -2.30. The molecule has 0 unspecified atom stereocenters. The van der Waals surface area contributed by atoms with Gasteiger partial charge in [0.05, 0.1) is 5.69 Å². The van der Waals surface area contributed by atoms with Crippen molar-refractivity contribution in [1.82, 2.24) is 4.90 Å². The van der Waals surface area contributed by atoms with Crippen LogP contribution >= 0.6 is 11.8 Å². The third-order valence-electron chi connectivity index (χ3n) is 2.52. The van der Waals surface area contributed by atoms with Crippen molar-refractivity contribution in [3.63, 3.8) is 0 Å². The number of hydrogen-bond donors (Lipinski definition) is 1. The molecular weight excluding hydrogens is 258 g/mol. The van der Waals surface area contributed by atoms with E-state index in [-0.39, 0.29) is 5.69 Å². The number of amides is 1. The smallest absolute Gasteiger partial charge is 0.259 e. The van der Waals surface area contributed by atoms with Gasteiger partial charge in [0.25, 0.3) is 5.91 Å². The lowest BCUT2D eigenvalue weighted by Gasteiger charge is -2.18. The largest absolute Gasteiger partial charge is 0.396 e. The maximum atomic E-state index is 13.6. The lowest BCUT2D eigenvalue weighted by atomic mass is 10.1. The summed E-state index contributed by atoms with van der Waals surface area (Å²) in [6.45, 7) is 0.452. The molecule has 6 heteroatoms. The van der Waals surface area contributed by atoms with Crippen LogP contribution in [0.4, 0.5) is 14.5 Å². The minimum atomic E-state index is -0.989. The summed E-state index contributed by atoms with van der Waals surface area (Å²) in [7, 11) is 1.52.